The van der Waals surface area contributed by atoms with Crippen LogP contribution in [0.2, 0.25) is 0 Å². The molecule has 0 amide bonds. The molecule has 0 aromatic carbocycles. The van der Waals surface area contributed by atoms with Crippen LogP contribution in [-0.4, -0.2) is 37.2 Å². The van der Waals surface area contributed by atoms with Crippen LogP contribution in [0.25, 0.3) is 0 Å². The normalized spacial score (nSPS) is 12.0. The summed E-state index contributed by atoms with van der Waals surface area (Å²) >= 11 is 0. The van der Waals surface area contributed by atoms with Crippen molar-refractivity contribution in [2.24, 2.45) is 11.8 Å². The molecule has 0 aliphatic heterocycles. The minimum absolute atomic E-state index is 0.0629. The summed E-state index contributed by atoms with van der Waals surface area (Å²) in [5.74, 6) is 0.830. The molecule has 0 spiro atoms. The first-order valence-corrected chi connectivity index (χ1v) is 28.2. The Hall–Kier alpha value is -1.59. The minimum atomic E-state index is -0.762. The van der Waals surface area contributed by atoms with Crippen molar-refractivity contribution in [1.82, 2.24) is 0 Å². The maximum Gasteiger partial charge on any atom is 0.306 e. The molecule has 0 aliphatic rings. The van der Waals surface area contributed by atoms with E-state index in [0.29, 0.717) is 19.3 Å². The van der Waals surface area contributed by atoms with Gasteiger partial charge in [-0.1, -0.05) is 279 Å². The quantitative estimate of drug-likeness (QED) is 0.0344. The van der Waals surface area contributed by atoms with Crippen molar-refractivity contribution in [3.8, 4) is 0 Å². The molecule has 374 valence electrons. The Morgan fingerprint density at radius 1 is 0.302 bits per heavy atom. The molecule has 0 unspecified atom stereocenters. The molecule has 1 atom stereocenters. The van der Waals surface area contributed by atoms with Crippen molar-refractivity contribution in [2.45, 2.75) is 323 Å². The number of hydrogen-bond donors (Lipinski definition) is 0. The van der Waals surface area contributed by atoms with Crippen molar-refractivity contribution < 1.29 is 28.6 Å². The Bertz CT molecular complexity index is 962. The van der Waals surface area contributed by atoms with Crippen molar-refractivity contribution in [3.05, 3.63) is 0 Å². The van der Waals surface area contributed by atoms with Gasteiger partial charge in [0.1, 0.15) is 13.2 Å². The van der Waals surface area contributed by atoms with Crippen LogP contribution in [0.4, 0.5) is 0 Å². The Morgan fingerprint density at radius 3 is 0.778 bits per heavy atom. The highest BCUT2D eigenvalue weighted by atomic mass is 16.6. The van der Waals surface area contributed by atoms with Crippen LogP contribution in [0, 0.1) is 11.8 Å². The highest BCUT2D eigenvalue weighted by Crippen LogP contribution is 2.18. The van der Waals surface area contributed by atoms with Crippen LogP contribution in [0.5, 0.6) is 0 Å². The lowest BCUT2D eigenvalue weighted by Crippen LogP contribution is -2.30. The fourth-order valence-corrected chi connectivity index (χ4v) is 8.70. The first-order chi connectivity index (χ1) is 30.7. The van der Waals surface area contributed by atoms with Crippen LogP contribution >= 0.6 is 0 Å². The van der Waals surface area contributed by atoms with E-state index in [1.54, 1.807) is 0 Å². The summed E-state index contributed by atoms with van der Waals surface area (Å²) < 4.78 is 16.9. The van der Waals surface area contributed by atoms with Gasteiger partial charge in [0.2, 0.25) is 0 Å². The van der Waals surface area contributed by atoms with Crippen LogP contribution in [0.1, 0.15) is 317 Å². The standard InChI is InChI=1S/C57H110O6/c1-6-7-8-9-10-11-12-17-22-29-34-39-44-49-57(60)63-54(51-62-56(59)48-43-38-33-28-24-23-26-31-36-41-46-53(4)5)50-61-55(58)47-42-37-32-27-21-19-16-14-13-15-18-20-25-30-35-40-45-52(2)3/h52-54H,6-51H2,1-5H3/t54-/m1/s1. The maximum atomic E-state index is 12.8. The van der Waals surface area contributed by atoms with Crippen molar-refractivity contribution in [1.29, 1.82) is 0 Å². The third-order valence-electron chi connectivity index (χ3n) is 13.0. The number of ether oxygens (including phenoxy) is 3. The SMILES string of the molecule is CCCCCCCCCCCCCCCC(=O)O[C@H](COC(=O)CCCCCCCCCCCCCCCCCCC(C)C)COC(=O)CCCCCCCCCCCCC(C)C. The third kappa shape index (κ3) is 51.3. The van der Waals surface area contributed by atoms with Gasteiger partial charge in [0.15, 0.2) is 6.10 Å². The molecular formula is C57H110O6. The molecule has 0 rings (SSSR count). The van der Waals surface area contributed by atoms with E-state index >= 15 is 0 Å². The monoisotopic (exact) mass is 891 g/mol. The summed E-state index contributed by atoms with van der Waals surface area (Å²) in [4.78, 5) is 38.1. The highest BCUT2D eigenvalue weighted by Gasteiger charge is 2.19. The highest BCUT2D eigenvalue weighted by molar-refractivity contribution is 5.71. The van der Waals surface area contributed by atoms with Gasteiger partial charge in [-0.05, 0) is 31.1 Å². The molecule has 0 fully saturated rings. The molecule has 0 saturated heterocycles. The van der Waals surface area contributed by atoms with Gasteiger partial charge in [-0.2, -0.15) is 0 Å². The Morgan fingerprint density at radius 2 is 0.524 bits per heavy atom. The van der Waals surface area contributed by atoms with E-state index in [-0.39, 0.29) is 31.1 Å². The van der Waals surface area contributed by atoms with E-state index in [4.69, 9.17) is 14.2 Å². The van der Waals surface area contributed by atoms with Crippen molar-refractivity contribution >= 4 is 17.9 Å². The van der Waals surface area contributed by atoms with Crippen LogP contribution in [0.3, 0.4) is 0 Å². The smallest absolute Gasteiger partial charge is 0.306 e. The molecule has 0 aromatic rings. The predicted octanol–water partition coefficient (Wildman–Crippen LogP) is 18.5. The molecule has 63 heavy (non-hydrogen) atoms. The topological polar surface area (TPSA) is 78.9 Å². The number of rotatable bonds is 51. The zero-order chi connectivity index (χ0) is 46.1. The van der Waals surface area contributed by atoms with Gasteiger partial charge in [-0.3, -0.25) is 14.4 Å². The van der Waals surface area contributed by atoms with E-state index in [0.717, 1.165) is 69.6 Å². The summed E-state index contributed by atoms with van der Waals surface area (Å²) in [5, 5.41) is 0. The molecule has 0 saturated carbocycles. The van der Waals surface area contributed by atoms with E-state index in [2.05, 4.69) is 34.6 Å². The second-order valence-electron chi connectivity index (χ2n) is 20.5. The number of carbonyl (C=O) groups excluding carboxylic acids is 3. The first kappa shape index (κ1) is 61.4. The molecule has 0 radical (unpaired) electrons. The predicted molar refractivity (Wildman–Crippen MR) is 270 cm³/mol. The molecule has 0 aliphatic carbocycles. The van der Waals surface area contributed by atoms with Gasteiger partial charge in [0.25, 0.3) is 0 Å². The van der Waals surface area contributed by atoms with Crippen LogP contribution in [-0.2, 0) is 28.6 Å². The molecular weight excluding hydrogens is 781 g/mol. The maximum absolute atomic E-state index is 12.8. The van der Waals surface area contributed by atoms with E-state index in [1.807, 2.05) is 0 Å². The second-order valence-corrected chi connectivity index (χ2v) is 20.5. The summed E-state index contributed by atoms with van der Waals surface area (Å²) in [7, 11) is 0. The Labute approximate surface area is 393 Å². The number of unbranched alkanes of at least 4 members (excludes halogenated alkanes) is 36. The average Bonchev–Trinajstić information content (AvgIpc) is 3.25. The number of esters is 3. The fourth-order valence-electron chi connectivity index (χ4n) is 8.70. The molecule has 0 heterocycles. The van der Waals surface area contributed by atoms with E-state index in [1.165, 1.54) is 205 Å². The van der Waals surface area contributed by atoms with Crippen LogP contribution in [0.15, 0.2) is 0 Å². The number of carbonyl (C=O) groups is 3. The van der Waals surface area contributed by atoms with E-state index in [9.17, 15) is 14.4 Å². The van der Waals surface area contributed by atoms with Crippen molar-refractivity contribution in [3.63, 3.8) is 0 Å². The third-order valence-corrected chi connectivity index (χ3v) is 13.0. The van der Waals surface area contributed by atoms with Gasteiger partial charge >= 0.3 is 17.9 Å². The van der Waals surface area contributed by atoms with Gasteiger partial charge in [-0.25, -0.2) is 0 Å². The zero-order valence-electron chi connectivity index (χ0n) is 43.2. The summed E-state index contributed by atoms with van der Waals surface area (Å²) in [6.45, 7) is 11.4. The Kier molecular flexibility index (Phi) is 48.6. The average molecular weight is 892 g/mol. The second kappa shape index (κ2) is 49.8. The zero-order valence-corrected chi connectivity index (χ0v) is 43.2. The summed E-state index contributed by atoms with van der Waals surface area (Å²) in [6.07, 6.45) is 52.3. The van der Waals surface area contributed by atoms with Gasteiger partial charge in [0.05, 0.1) is 0 Å². The molecule has 6 nitrogen and oxygen atoms in total. The van der Waals surface area contributed by atoms with Gasteiger partial charge in [-0.15, -0.1) is 0 Å². The van der Waals surface area contributed by atoms with Crippen LogP contribution < -0.4 is 0 Å². The van der Waals surface area contributed by atoms with Gasteiger partial charge in [0, 0.05) is 19.3 Å². The minimum Gasteiger partial charge on any atom is -0.462 e. The molecule has 0 N–H and O–H groups in total. The van der Waals surface area contributed by atoms with Gasteiger partial charge < -0.3 is 14.2 Å². The summed E-state index contributed by atoms with van der Waals surface area (Å²) in [6, 6.07) is 0. The van der Waals surface area contributed by atoms with Crippen molar-refractivity contribution in [2.75, 3.05) is 13.2 Å². The lowest BCUT2D eigenvalue weighted by molar-refractivity contribution is -0.167. The molecule has 0 aromatic heterocycles. The molecule has 0 bridgehead atoms. The lowest BCUT2D eigenvalue weighted by Gasteiger charge is -2.18. The largest absolute Gasteiger partial charge is 0.462 e. The fraction of sp³-hybridized carbons (Fsp3) is 0.947. The molecule has 6 heteroatoms. The Balaban J connectivity index is 4.26. The number of hydrogen-bond acceptors (Lipinski definition) is 6. The summed E-state index contributed by atoms with van der Waals surface area (Å²) in [5.41, 5.74) is 0. The van der Waals surface area contributed by atoms with E-state index < -0.39 is 6.10 Å². The lowest BCUT2D eigenvalue weighted by atomic mass is 10.0. The first-order valence-electron chi connectivity index (χ1n) is 28.2.